The number of rotatable bonds is 11. The third-order valence-corrected chi connectivity index (χ3v) is 9.59. The van der Waals surface area contributed by atoms with Crippen LogP contribution in [0.3, 0.4) is 0 Å². The molecular formula is C18H34N2O2S4. The van der Waals surface area contributed by atoms with Crippen molar-refractivity contribution in [2.75, 3.05) is 36.9 Å². The molecule has 1 rings (SSSR count). The summed E-state index contributed by atoms with van der Waals surface area (Å²) in [4.78, 5) is 27.4. The van der Waals surface area contributed by atoms with Crippen molar-refractivity contribution in [2.45, 2.75) is 57.6 Å². The molecule has 0 radical (unpaired) electrons. The highest BCUT2D eigenvalue weighted by molar-refractivity contribution is 8.77. The Morgan fingerprint density at radius 3 is 2.38 bits per heavy atom. The van der Waals surface area contributed by atoms with Crippen LogP contribution in [0.1, 0.15) is 52.9 Å². The number of ketones is 1. The number of hydrogen-bond acceptors (Lipinski definition) is 7. The average Bonchev–Trinajstić information content (AvgIpc) is 2.86. The summed E-state index contributed by atoms with van der Waals surface area (Å²) >= 11 is 0. The highest BCUT2D eigenvalue weighted by atomic mass is 33.1. The van der Waals surface area contributed by atoms with Crippen LogP contribution < -0.4 is 5.73 Å². The minimum atomic E-state index is -0.164. The van der Waals surface area contributed by atoms with Gasteiger partial charge in [-0.2, -0.15) is 0 Å². The Bertz CT molecular complexity index is 422. The van der Waals surface area contributed by atoms with Crippen LogP contribution in [0.25, 0.3) is 0 Å². The first kappa shape index (κ1) is 24.5. The number of carbonyl (C=O) groups is 2. The molecule has 0 aromatic heterocycles. The standard InChI is InChI=1S/C18H34N2O2S4/c1-18(2,3)26-25-11-7-16(21)14-15(6-4-5-8-19)17(22)20-9-12-23-24-13-10-20/h15H,4-14,19H2,1-3H3/t15-/m1/s1. The monoisotopic (exact) mass is 438 g/mol. The van der Waals surface area contributed by atoms with E-state index >= 15 is 0 Å². The predicted molar refractivity (Wildman–Crippen MR) is 122 cm³/mol. The molecule has 4 nitrogen and oxygen atoms in total. The molecule has 0 aromatic rings. The van der Waals surface area contributed by atoms with Gasteiger partial charge in [-0.3, -0.25) is 9.59 Å². The topological polar surface area (TPSA) is 63.4 Å². The van der Waals surface area contributed by atoms with E-state index in [1.165, 1.54) is 0 Å². The maximum Gasteiger partial charge on any atom is 0.226 e. The first-order valence-electron chi connectivity index (χ1n) is 9.39. The summed E-state index contributed by atoms with van der Waals surface area (Å²) in [5, 5.41) is 0. The third-order valence-electron chi connectivity index (χ3n) is 3.89. The zero-order valence-corrected chi connectivity index (χ0v) is 19.6. The van der Waals surface area contributed by atoms with Gasteiger partial charge in [0.15, 0.2) is 0 Å². The molecule has 26 heavy (non-hydrogen) atoms. The Morgan fingerprint density at radius 1 is 1.15 bits per heavy atom. The second-order valence-corrected chi connectivity index (χ2v) is 13.4. The molecule has 152 valence electrons. The van der Waals surface area contributed by atoms with E-state index in [0.717, 1.165) is 49.6 Å². The van der Waals surface area contributed by atoms with Crippen molar-refractivity contribution in [3.05, 3.63) is 0 Å². The molecule has 0 saturated carbocycles. The van der Waals surface area contributed by atoms with Crippen LogP contribution in [-0.2, 0) is 9.59 Å². The number of carbonyl (C=O) groups excluding carboxylic acids is 2. The maximum atomic E-state index is 13.0. The van der Waals surface area contributed by atoms with Gasteiger partial charge in [0.1, 0.15) is 5.78 Å². The van der Waals surface area contributed by atoms with Crippen molar-refractivity contribution in [3.63, 3.8) is 0 Å². The average molecular weight is 439 g/mol. The van der Waals surface area contributed by atoms with E-state index in [-0.39, 0.29) is 22.4 Å². The van der Waals surface area contributed by atoms with Gasteiger partial charge < -0.3 is 10.6 Å². The fourth-order valence-corrected chi connectivity index (χ4v) is 6.89. The zero-order chi connectivity index (χ0) is 19.4. The van der Waals surface area contributed by atoms with Crippen LogP contribution in [0.5, 0.6) is 0 Å². The van der Waals surface area contributed by atoms with Crippen LogP contribution in [0, 0.1) is 5.92 Å². The Balaban J connectivity index is 2.50. The molecule has 1 amide bonds. The van der Waals surface area contributed by atoms with E-state index in [1.54, 1.807) is 10.8 Å². The van der Waals surface area contributed by atoms with Crippen molar-refractivity contribution in [2.24, 2.45) is 11.7 Å². The van der Waals surface area contributed by atoms with E-state index in [2.05, 4.69) is 20.8 Å². The maximum absolute atomic E-state index is 13.0. The number of Topliss-reactive ketones (excluding diaryl/α,β-unsaturated/α-hetero) is 1. The number of nitrogens with two attached hydrogens (primary N) is 1. The summed E-state index contributed by atoms with van der Waals surface area (Å²) in [5.74, 6) is 3.00. The van der Waals surface area contributed by atoms with Crippen LogP contribution in [0.4, 0.5) is 0 Å². The lowest BCUT2D eigenvalue weighted by Gasteiger charge is -2.25. The number of unbranched alkanes of at least 4 members (excludes halogenated alkanes) is 1. The highest BCUT2D eigenvalue weighted by Crippen LogP contribution is 2.35. The lowest BCUT2D eigenvalue weighted by molar-refractivity contribution is -0.137. The van der Waals surface area contributed by atoms with Crippen molar-refractivity contribution in [1.82, 2.24) is 4.90 Å². The minimum Gasteiger partial charge on any atom is -0.341 e. The molecule has 1 saturated heterocycles. The Morgan fingerprint density at radius 2 is 1.81 bits per heavy atom. The molecule has 1 fully saturated rings. The summed E-state index contributed by atoms with van der Waals surface area (Å²) < 4.78 is 0.206. The second kappa shape index (κ2) is 13.6. The summed E-state index contributed by atoms with van der Waals surface area (Å²) in [6.45, 7) is 8.78. The van der Waals surface area contributed by atoms with Gasteiger partial charge in [0.05, 0.1) is 0 Å². The van der Waals surface area contributed by atoms with Gasteiger partial charge in [0.2, 0.25) is 5.91 Å². The van der Waals surface area contributed by atoms with Crippen molar-refractivity contribution in [3.8, 4) is 0 Å². The fraction of sp³-hybridized carbons (Fsp3) is 0.889. The van der Waals surface area contributed by atoms with E-state index in [9.17, 15) is 9.59 Å². The molecule has 1 aliphatic rings. The molecule has 2 N–H and O–H groups in total. The van der Waals surface area contributed by atoms with E-state index in [0.29, 0.717) is 19.4 Å². The fourth-order valence-electron chi connectivity index (χ4n) is 2.60. The summed E-state index contributed by atoms with van der Waals surface area (Å²) in [6.07, 6.45) is 3.57. The number of nitrogens with zero attached hydrogens (tertiary/aromatic N) is 1. The van der Waals surface area contributed by atoms with Crippen molar-refractivity contribution in [1.29, 1.82) is 0 Å². The molecule has 8 heteroatoms. The first-order chi connectivity index (χ1) is 12.3. The molecule has 1 aliphatic heterocycles. The Hall–Kier alpha value is 0.500. The van der Waals surface area contributed by atoms with Crippen LogP contribution in [-0.4, -0.2) is 58.2 Å². The lowest BCUT2D eigenvalue weighted by atomic mass is 9.93. The van der Waals surface area contributed by atoms with Gasteiger partial charge in [0.25, 0.3) is 0 Å². The van der Waals surface area contributed by atoms with Crippen LogP contribution in [0.15, 0.2) is 0 Å². The molecule has 0 unspecified atom stereocenters. The molecule has 0 aliphatic carbocycles. The minimum absolute atomic E-state index is 0.164. The normalized spacial score (nSPS) is 17.0. The SMILES string of the molecule is CC(C)(C)SSCCC(=O)C[C@@H](CCCCN)C(=O)N1CCSSCC1. The molecular weight excluding hydrogens is 404 g/mol. The lowest BCUT2D eigenvalue weighted by Crippen LogP contribution is -2.39. The third kappa shape index (κ3) is 11.4. The van der Waals surface area contributed by atoms with Crippen LogP contribution in [0.2, 0.25) is 0 Å². The number of hydrogen-bond donors (Lipinski definition) is 1. The Kier molecular flexibility index (Phi) is 12.9. The molecule has 0 spiro atoms. The van der Waals surface area contributed by atoms with Crippen LogP contribution >= 0.6 is 43.2 Å². The van der Waals surface area contributed by atoms with Gasteiger partial charge in [-0.15, -0.1) is 0 Å². The Labute approximate surface area is 175 Å². The molecule has 0 bridgehead atoms. The van der Waals surface area contributed by atoms with E-state index < -0.39 is 0 Å². The van der Waals surface area contributed by atoms with E-state index in [1.807, 2.05) is 37.3 Å². The van der Waals surface area contributed by atoms with Crippen molar-refractivity contribution >= 4 is 54.9 Å². The number of amides is 1. The zero-order valence-electron chi connectivity index (χ0n) is 16.3. The van der Waals surface area contributed by atoms with Gasteiger partial charge in [-0.25, -0.2) is 0 Å². The molecule has 1 atom stereocenters. The molecule has 1 heterocycles. The van der Waals surface area contributed by atoms with E-state index in [4.69, 9.17) is 5.73 Å². The highest BCUT2D eigenvalue weighted by Gasteiger charge is 2.27. The second-order valence-electron chi connectivity index (χ2n) is 7.46. The van der Waals surface area contributed by atoms with Gasteiger partial charge >= 0.3 is 0 Å². The summed E-state index contributed by atoms with van der Waals surface area (Å²) in [6, 6.07) is 0. The van der Waals surface area contributed by atoms with Gasteiger partial charge in [0, 0.05) is 53.9 Å². The quantitative estimate of drug-likeness (QED) is 0.377. The predicted octanol–water partition coefficient (Wildman–Crippen LogP) is 4.48. The summed E-state index contributed by atoms with van der Waals surface area (Å²) in [7, 11) is 7.24. The smallest absolute Gasteiger partial charge is 0.226 e. The first-order valence-corrected chi connectivity index (χ1v) is 14.2. The van der Waals surface area contributed by atoms with Gasteiger partial charge in [-0.1, -0.05) is 70.4 Å². The van der Waals surface area contributed by atoms with Gasteiger partial charge in [-0.05, 0) is 19.4 Å². The largest absolute Gasteiger partial charge is 0.341 e. The molecule has 0 aromatic carbocycles. The van der Waals surface area contributed by atoms with Crippen molar-refractivity contribution < 1.29 is 9.59 Å². The summed E-state index contributed by atoms with van der Waals surface area (Å²) in [5.41, 5.74) is 5.60.